The molecule has 3 rings (SSSR count). The predicted octanol–water partition coefficient (Wildman–Crippen LogP) is 5.16. The van der Waals surface area contributed by atoms with Gasteiger partial charge in [0.25, 0.3) is 11.8 Å². The van der Waals surface area contributed by atoms with Gasteiger partial charge in [0.15, 0.2) is 10.9 Å². The highest BCUT2D eigenvalue weighted by Gasteiger charge is 2.29. The summed E-state index contributed by atoms with van der Waals surface area (Å²) in [6, 6.07) is 7.32. The lowest BCUT2D eigenvalue weighted by molar-refractivity contribution is 0.0986. The Morgan fingerprint density at radius 2 is 1.92 bits per heavy atom. The average molecular weight is 360 g/mol. The normalized spacial score (nSPS) is 13.1. The lowest BCUT2D eigenvalue weighted by atomic mass is 10.1. The van der Waals surface area contributed by atoms with Crippen molar-refractivity contribution in [2.75, 3.05) is 11.4 Å². The van der Waals surface area contributed by atoms with E-state index in [4.69, 9.17) is 16.3 Å². The molecular formula is C19H22ClN3O2. The number of hydrogen-bond donors (Lipinski definition) is 0. The van der Waals surface area contributed by atoms with Crippen molar-refractivity contribution in [1.82, 2.24) is 10.2 Å². The van der Waals surface area contributed by atoms with E-state index in [9.17, 15) is 4.79 Å². The molecule has 0 unspecified atom stereocenters. The SMILES string of the molecule is CCCCCCCN1C(=O)c2cc(Cl)nnc2Oc2ccc(C)cc21. The first-order chi connectivity index (χ1) is 12.1. The number of carbonyl (C=O) groups excluding carboxylic acids is 1. The molecule has 0 saturated carbocycles. The molecule has 0 aliphatic carbocycles. The van der Waals surface area contributed by atoms with Crippen LogP contribution in [-0.2, 0) is 0 Å². The van der Waals surface area contributed by atoms with Gasteiger partial charge in [-0.25, -0.2) is 0 Å². The Labute approximate surface area is 153 Å². The zero-order valence-electron chi connectivity index (χ0n) is 14.6. The van der Waals surface area contributed by atoms with Gasteiger partial charge in [0.05, 0.1) is 5.69 Å². The summed E-state index contributed by atoms with van der Waals surface area (Å²) in [6.45, 7) is 4.83. The summed E-state index contributed by atoms with van der Waals surface area (Å²) in [6.07, 6.45) is 5.65. The van der Waals surface area contributed by atoms with Crippen molar-refractivity contribution in [2.24, 2.45) is 0 Å². The Bertz CT molecular complexity index is 779. The quantitative estimate of drug-likeness (QED) is 0.668. The first-order valence-electron chi connectivity index (χ1n) is 8.73. The minimum atomic E-state index is -0.147. The Morgan fingerprint density at radius 3 is 2.72 bits per heavy atom. The van der Waals surface area contributed by atoms with Crippen LogP contribution < -0.4 is 9.64 Å². The van der Waals surface area contributed by atoms with Crippen molar-refractivity contribution in [3.05, 3.63) is 40.5 Å². The van der Waals surface area contributed by atoms with Gasteiger partial charge in [-0.3, -0.25) is 4.79 Å². The maximum atomic E-state index is 13.1. The lowest BCUT2D eigenvalue weighted by Crippen LogP contribution is -2.31. The van der Waals surface area contributed by atoms with Crippen molar-refractivity contribution >= 4 is 23.2 Å². The average Bonchev–Trinajstić information content (AvgIpc) is 2.70. The van der Waals surface area contributed by atoms with E-state index in [2.05, 4.69) is 17.1 Å². The van der Waals surface area contributed by atoms with Crippen LogP contribution in [0.2, 0.25) is 5.15 Å². The van der Waals surface area contributed by atoms with Crippen LogP contribution in [0.4, 0.5) is 5.69 Å². The largest absolute Gasteiger partial charge is 0.435 e. The highest BCUT2D eigenvalue weighted by atomic mass is 35.5. The zero-order valence-corrected chi connectivity index (χ0v) is 15.3. The third kappa shape index (κ3) is 3.93. The molecule has 0 spiro atoms. The third-order valence-corrected chi connectivity index (χ3v) is 4.49. The first-order valence-corrected chi connectivity index (χ1v) is 9.11. The third-order valence-electron chi connectivity index (χ3n) is 4.30. The molecule has 25 heavy (non-hydrogen) atoms. The molecule has 0 atom stereocenters. The number of ether oxygens (including phenoxy) is 1. The van der Waals surface area contributed by atoms with Gasteiger partial charge in [0, 0.05) is 6.54 Å². The number of amides is 1. The van der Waals surface area contributed by atoms with E-state index >= 15 is 0 Å². The molecule has 1 aromatic carbocycles. The number of nitrogens with zero attached hydrogens (tertiary/aromatic N) is 3. The van der Waals surface area contributed by atoms with E-state index in [-0.39, 0.29) is 16.9 Å². The fraction of sp³-hybridized carbons (Fsp3) is 0.421. The second kappa shape index (κ2) is 7.83. The standard InChI is InChI=1S/C19H22ClN3O2/c1-3-4-5-6-7-10-23-15-11-13(2)8-9-16(15)25-18-14(19(23)24)12-17(20)21-22-18/h8-9,11-12H,3-7,10H2,1-2H3. The highest BCUT2D eigenvalue weighted by molar-refractivity contribution is 6.29. The van der Waals surface area contributed by atoms with Gasteiger partial charge in [-0.1, -0.05) is 50.3 Å². The number of benzene rings is 1. The number of aryl methyl sites for hydroxylation is 1. The minimum Gasteiger partial charge on any atom is -0.435 e. The van der Waals surface area contributed by atoms with E-state index in [1.807, 2.05) is 25.1 Å². The lowest BCUT2D eigenvalue weighted by Gasteiger charge is -2.22. The second-order valence-corrected chi connectivity index (χ2v) is 6.72. The smallest absolute Gasteiger partial charge is 0.264 e. The summed E-state index contributed by atoms with van der Waals surface area (Å²) >= 11 is 5.94. The fourth-order valence-electron chi connectivity index (χ4n) is 2.96. The van der Waals surface area contributed by atoms with Crippen LogP contribution in [0.5, 0.6) is 11.6 Å². The van der Waals surface area contributed by atoms with Crippen LogP contribution in [0, 0.1) is 6.92 Å². The first kappa shape index (κ1) is 17.7. The fourth-order valence-corrected chi connectivity index (χ4v) is 3.11. The number of fused-ring (bicyclic) bond motifs is 2. The predicted molar refractivity (Wildman–Crippen MR) is 98.7 cm³/mol. The topological polar surface area (TPSA) is 55.3 Å². The molecular weight excluding hydrogens is 338 g/mol. The number of aromatic nitrogens is 2. The van der Waals surface area contributed by atoms with Crippen molar-refractivity contribution in [3.8, 4) is 11.6 Å². The zero-order chi connectivity index (χ0) is 17.8. The minimum absolute atomic E-state index is 0.147. The van der Waals surface area contributed by atoms with Crippen LogP contribution in [0.3, 0.4) is 0 Å². The molecule has 1 aliphatic rings. The monoisotopic (exact) mass is 359 g/mol. The molecule has 0 N–H and O–H groups in total. The number of anilines is 1. The van der Waals surface area contributed by atoms with Crippen molar-refractivity contribution in [1.29, 1.82) is 0 Å². The van der Waals surface area contributed by atoms with E-state index in [1.54, 1.807) is 4.90 Å². The second-order valence-electron chi connectivity index (χ2n) is 6.33. The van der Waals surface area contributed by atoms with E-state index in [1.165, 1.54) is 25.3 Å². The van der Waals surface area contributed by atoms with Crippen LogP contribution in [0.15, 0.2) is 24.3 Å². The Balaban J connectivity index is 1.93. The molecule has 0 bridgehead atoms. The van der Waals surface area contributed by atoms with Crippen LogP contribution >= 0.6 is 11.6 Å². The van der Waals surface area contributed by atoms with Crippen LogP contribution in [-0.4, -0.2) is 22.6 Å². The van der Waals surface area contributed by atoms with Crippen LogP contribution in [0.25, 0.3) is 0 Å². The number of halogens is 1. The molecule has 5 nitrogen and oxygen atoms in total. The van der Waals surface area contributed by atoms with Gasteiger partial charge in [-0.15, -0.1) is 10.2 Å². The van der Waals surface area contributed by atoms with Gasteiger partial charge >= 0.3 is 0 Å². The van der Waals surface area contributed by atoms with Gasteiger partial charge in [-0.05, 0) is 37.1 Å². The number of hydrogen-bond acceptors (Lipinski definition) is 4. The summed E-state index contributed by atoms with van der Waals surface area (Å²) in [5.41, 5.74) is 2.19. The molecule has 1 amide bonds. The maximum absolute atomic E-state index is 13.1. The summed E-state index contributed by atoms with van der Waals surface area (Å²) in [5, 5.41) is 7.93. The molecule has 2 heterocycles. The molecule has 0 saturated heterocycles. The molecule has 0 radical (unpaired) electrons. The van der Waals surface area contributed by atoms with Gasteiger partial charge < -0.3 is 9.64 Å². The van der Waals surface area contributed by atoms with Gasteiger partial charge in [0.2, 0.25) is 0 Å². The van der Waals surface area contributed by atoms with Crippen LogP contribution in [0.1, 0.15) is 54.9 Å². The molecule has 6 heteroatoms. The highest BCUT2D eigenvalue weighted by Crippen LogP contribution is 2.38. The molecule has 1 aliphatic heterocycles. The van der Waals surface area contributed by atoms with Crippen molar-refractivity contribution in [2.45, 2.75) is 46.0 Å². The van der Waals surface area contributed by atoms with E-state index < -0.39 is 0 Å². The number of unbranched alkanes of at least 4 members (excludes halogenated alkanes) is 4. The molecule has 1 aromatic heterocycles. The summed E-state index contributed by atoms with van der Waals surface area (Å²) in [7, 11) is 0. The maximum Gasteiger partial charge on any atom is 0.264 e. The summed E-state index contributed by atoms with van der Waals surface area (Å²) < 4.78 is 5.86. The molecule has 2 aromatic rings. The Hall–Kier alpha value is -2.14. The van der Waals surface area contributed by atoms with Gasteiger partial charge in [-0.2, -0.15) is 0 Å². The number of carbonyl (C=O) groups is 1. The summed E-state index contributed by atoms with van der Waals surface area (Å²) in [4.78, 5) is 14.9. The van der Waals surface area contributed by atoms with E-state index in [0.29, 0.717) is 17.9 Å². The van der Waals surface area contributed by atoms with Crippen molar-refractivity contribution in [3.63, 3.8) is 0 Å². The van der Waals surface area contributed by atoms with Crippen molar-refractivity contribution < 1.29 is 9.53 Å². The molecule has 132 valence electrons. The Kier molecular flexibility index (Phi) is 5.53. The van der Waals surface area contributed by atoms with Gasteiger partial charge in [0.1, 0.15) is 5.56 Å². The molecule has 0 fully saturated rings. The Morgan fingerprint density at radius 1 is 1.12 bits per heavy atom. The van der Waals surface area contributed by atoms with E-state index in [0.717, 1.165) is 24.1 Å². The summed E-state index contributed by atoms with van der Waals surface area (Å²) in [5.74, 6) is 0.669. The number of rotatable bonds is 6.